The van der Waals surface area contributed by atoms with Gasteiger partial charge in [-0.05, 0) is 26.2 Å². The standard InChI is InChI=1S/C10H14N2O2/c1-12(2)6-7-9(11-10(7)13)8-4-3-5-14-8/h3-5,7,9H,6H2,1-2H3,(H,11,13). The maximum atomic E-state index is 11.3. The molecule has 1 amide bonds. The molecule has 0 radical (unpaired) electrons. The van der Waals surface area contributed by atoms with Crippen molar-refractivity contribution >= 4 is 5.91 Å². The summed E-state index contributed by atoms with van der Waals surface area (Å²) in [7, 11) is 3.93. The molecule has 4 heteroatoms. The predicted molar refractivity (Wildman–Crippen MR) is 51.6 cm³/mol. The van der Waals surface area contributed by atoms with Crippen molar-refractivity contribution in [2.75, 3.05) is 20.6 Å². The third-order valence-corrected chi connectivity index (χ3v) is 2.45. The van der Waals surface area contributed by atoms with Crippen molar-refractivity contribution in [2.45, 2.75) is 6.04 Å². The number of rotatable bonds is 3. The van der Waals surface area contributed by atoms with E-state index in [1.165, 1.54) is 0 Å². The first kappa shape index (κ1) is 9.27. The molecule has 1 N–H and O–H groups in total. The maximum absolute atomic E-state index is 11.3. The number of β-lactam (4-membered cyclic amide) rings is 1. The molecule has 76 valence electrons. The van der Waals surface area contributed by atoms with Gasteiger partial charge in [0.15, 0.2) is 0 Å². The Morgan fingerprint density at radius 1 is 1.57 bits per heavy atom. The van der Waals surface area contributed by atoms with Crippen molar-refractivity contribution in [3.8, 4) is 0 Å². The van der Waals surface area contributed by atoms with Gasteiger partial charge in [0.05, 0.1) is 18.2 Å². The third kappa shape index (κ3) is 1.53. The predicted octanol–water partition coefficient (Wildman–Crippen LogP) is 0.628. The highest BCUT2D eigenvalue weighted by molar-refractivity contribution is 5.86. The maximum Gasteiger partial charge on any atom is 0.227 e. The zero-order valence-corrected chi connectivity index (χ0v) is 8.36. The second-order valence-corrected chi connectivity index (χ2v) is 3.87. The van der Waals surface area contributed by atoms with Crippen LogP contribution in [0, 0.1) is 5.92 Å². The Bertz CT molecular complexity index is 319. The summed E-state index contributed by atoms with van der Waals surface area (Å²) < 4.78 is 5.26. The molecule has 2 heterocycles. The SMILES string of the molecule is CN(C)CC1C(=O)NC1c1ccco1. The summed E-state index contributed by atoms with van der Waals surface area (Å²) in [6.45, 7) is 0.761. The monoisotopic (exact) mass is 194 g/mol. The van der Waals surface area contributed by atoms with E-state index < -0.39 is 0 Å². The average molecular weight is 194 g/mol. The second kappa shape index (κ2) is 3.46. The molecule has 0 aliphatic carbocycles. The van der Waals surface area contributed by atoms with E-state index in [0.29, 0.717) is 0 Å². The van der Waals surface area contributed by atoms with Gasteiger partial charge in [-0.1, -0.05) is 0 Å². The Labute approximate surface area is 82.9 Å². The van der Waals surface area contributed by atoms with Crippen molar-refractivity contribution in [3.63, 3.8) is 0 Å². The summed E-state index contributed by atoms with van der Waals surface area (Å²) in [5.41, 5.74) is 0. The molecule has 1 aliphatic rings. The van der Waals surface area contributed by atoms with Crippen LogP contribution in [0.25, 0.3) is 0 Å². The highest BCUT2D eigenvalue weighted by Crippen LogP contribution is 2.30. The van der Waals surface area contributed by atoms with Gasteiger partial charge in [0.25, 0.3) is 0 Å². The van der Waals surface area contributed by atoms with Crippen LogP contribution < -0.4 is 5.32 Å². The molecule has 0 saturated carbocycles. The highest BCUT2D eigenvalue weighted by Gasteiger charge is 2.41. The molecule has 2 atom stereocenters. The van der Waals surface area contributed by atoms with E-state index in [4.69, 9.17) is 4.42 Å². The van der Waals surface area contributed by atoms with Gasteiger partial charge >= 0.3 is 0 Å². The molecule has 1 aliphatic heterocycles. The Morgan fingerprint density at radius 3 is 2.86 bits per heavy atom. The molecule has 1 saturated heterocycles. The van der Waals surface area contributed by atoms with Gasteiger partial charge in [0, 0.05) is 6.54 Å². The van der Waals surface area contributed by atoms with Gasteiger partial charge in [0.1, 0.15) is 5.76 Å². The van der Waals surface area contributed by atoms with Crippen LogP contribution in [0.1, 0.15) is 11.8 Å². The summed E-state index contributed by atoms with van der Waals surface area (Å²) in [6.07, 6.45) is 1.63. The molecule has 0 bridgehead atoms. The normalized spacial score (nSPS) is 26.1. The minimum Gasteiger partial charge on any atom is -0.467 e. The van der Waals surface area contributed by atoms with Crippen LogP contribution in [0.5, 0.6) is 0 Å². The van der Waals surface area contributed by atoms with Gasteiger partial charge in [-0.2, -0.15) is 0 Å². The van der Waals surface area contributed by atoms with Crippen LogP contribution in [0.2, 0.25) is 0 Å². The summed E-state index contributed by atoms with van der Waals surface area (Å²) in [6, 6.07) is 3.79. The molecule has 0 spiro atoms. The number of hydrogen-bond donors (Lipinski definition) is 1. The van der Waals surface area contributed by atoms with E-state index in [9.17, 15) is 4.79 Å². The minimum atomic E-state index is 0.0242. The van der Waals surface area contributed by atoms with E-state index >= 15 is 0 Å². The van der Waals surface area contributed by atoms with Crippen molar-refractivity contribution in [2.24, 2.45) is 5.92 Å². The topological polar surface area (TPSA) is 45.5 Å². The van der Waals surface area contributed by atoms with E-state index in [1.807, 2.05) is 31.1 Å². The number of carbonyl (C=O) groups excluding carboxylic acids is 1. The molecule has 1 aromatic rings. The molecule has 2 rings (SSSR count). The summed E-state index contributed by atoms with van der Waals surface area (Å²) >= 11 is 0. The van der Waals surface area contributed by atoms with Gasteiger partial charge in [-0.3, -0.25) is 4.79 Å². The fraction of sp³-hybridized carbons (Fsp3) is 0.500. The molecule has 1 fully saturated rings. The van der Waals surface area contributed by atoms with Crippen molar-refractivity contribution in [1.29, 1.82) is 0 Å². The number of hydrogen-bond acceptors (Lipinski definition) is 3. The number of amides is 1. The lowest BCUT2D eigenvalue weighted by atomic mass is 9.88. The van der Waals surface area contributed by atoms with Crippen LogP contribution in [-0.2, 0) is 4.79 Å². The molecular formula is C10H14N2O2. The lowest BCUT2D eigenvalue weighted by Crippen LogP contribution is -2.54. The molecule has 2 unspecified atom stereocenters. The Hall–Kier alpha value is -1.29. The minimum absolute atomic E-state index is 0.0242. The smallest absolute Gasteiger partial charge is 0.227 e. The van der Waals surface area contributed by atoms with Gasteiger partial charge in [-0.25, -0.2) is 0 Å². The number of nitrogens with zero attached hydrogens (tertiary/aromatic N) is 1. The molecule has 0 aromatic carbocycles. The first-order chi connectivity index (χ1) is 6.68. The van der Waals surface area contributed by atoms with Crippen LogP contribution in [-0.4, -0.2) is 31.4 Å². The zero-order chi connectivity index (χ0) is 10.1. The highest BCUT2D eigenvalue weighted by atomic mass is 16.3. The first-order valence-corrected chi connectivity index (χ1v) is 4.67. The van der Waals surface area contributed by atoms with E-state index in [0.717, 1.165) is 12.3 Å². The number of furan rings is 1. The number of nitrogens with one attached hydrogen (secondary N) is 1. The van der Waals surface area contributed by atoms with Crippen LogP contribution >= 0.6 is 0 Å². The van der Waals surface area contributed by atoms with Crippen LogP contribution in [0.4, 0.5) is 0 Å². The van der Waals surface area contributed by atoms with E-state index in [1.54, 1.807) is 6.26 Å². The summed E-state index contributed by atoms with van der Waals surface area (Å²) in [4.78, 5) is 13.3. The quantitative estimate of drug-likeness (QED) is 0.718. The van der Waals surface area contributed by atoms with Crippen molar-refractivity contribution in [1.82, 2.24) is 10.2 Å². The van der Waals surface area contributed by atoms with E-state index in [-0.39, 0.29) is 17.9 Å². The average Bonchev–Trinajstić information content (AvgIpc) is 2.62. The summed E-state index contributed by atoms with van der Waals surface area (Å²) in [5, 5.41) is 2.84. The Balaban J connectivity index is 2.05. The number of carbonyl (C=O) groups is 1. The lowest BCUT2D eigenvalue weighted by Gasteiger charge is -2.36. The molecule has 1 aromatic heterocycles. The molecule has 14 heavy (non-hydrogen) atoms. The fourth-order valence-corrected chi connectivity index (χ4v) is 1.74. The third-order valence-electron chi connectivity index (χ3n) is 2.45. The van der Waals surface area contributed by atoms with Crippen molar-refractivity contribution in [3.05, 3.63) is 24.2 Å². The fourth-order valence-electron chi connectivity index (χ4n) is 1.74. The molecular weight excluding hydrogens is 180 g/mol. The van der Waals surface area contributed by atoms with Crippen molar-refractivity contribution < 1.29 is 9.21 Å². The van der Waals surface area contributed by atoms with E-state index in [2.05, 4.69) is 5.32 Å². The Morgan fingerprint density at radius 2 is 2.36 bits per heavy atom. The Kier molecular flexibility index (Phi) is 2.29. The van der Waals surface area contributed by atoms with Gasteiger partial charge in [-0.15, -0.1) is 0 Å². The van der Waals surface area contributed by atoms with Crippen LogP contribution in [0.3, 0.4) is 0 Å². The zero-order valence-electron chi connectivity index (χ0n) is 8.36. The lowest BCUT2D eigenvalue weighted by molar-refractivity contribution is -0.136. The van der Waals surface area contributed by atoms with Crippen LogP contribution in [0.15, 0.2) is 22.8 Å². The molecule has 4 nitrogen and oxygen atoms in total. The van der Waals surface area contributed by atoms with Gasteiger partial charge in [0.2, 0.25) is 5.91 Å². The second-order valence-electron chi connectivity index (χ2n) is 3.87. The largest absolute Gasteiger partial charge is 0.467 e. The summed E-state index contributed by atoms with van der Waals surface area (Å²) in [5.74, 6) is 0.979. The first-order valence-electron chi connectivity index (χ1n) is 4.67. The van der Waals surface area contributed by atoms with Gasteiger partial charge < -0.3 is 14.6 Å².